The fourth-order valence-corrected chi connectivity index (χ4v) is 3.21. The minimum Gasteiger partial charge on any atom is -0.383 e. The van der Waals surface area contributed by atoms with Crippen LogP contribution in [0.4, 0.5) is 4.39 Å². The van der Waals surface area contributed by atoms with Gasteiger partial charge in [-0.3, -0.25) is 0 Å². The van der Waals surface area contributed by atoms with Crippen molar-refractivity contribution in [3.8, 4) is 6.07 Å². The Hall–Kier alpha value is -1.44. The number of hydrogen-bond donors (Lipinski definition) is 1. The first kappa shape index (κ1) is 11.6. The molecule has 2 aliphatic rings. The molecule has 1 heterocycles. The van der Waals surface area contributed by atoms with E-state index in [1.807, 2.05) is 0 Å². The third kappa shape index (κ3) is 1.29. The molecule has 1 aliphatic heterocycles. The predicted octanol–water partition coefficient (Wildman–Crippen LogP) is 1.89. The largest absolute Gasteiger partial charge is 0.383 e. The molecule has 1 aliphatic carbocycles. The number of rotatable bonds is 1. The van der Waals surface area contributed by atoms with Gasteiger partial charge < -0.3 is 9.84 Å². The summed E-state index contributed by atoms with van der Waals surface area (Å²) in [5, 5.41) is 20.4. The van der Waals surface area contributed by atoms with Gasteiger partial charge in [-0.1, -0.05) is 12.1 Å². The van der Waals surface area contributed by atoms with E-state index in [0.717, 1.165) is 0 Å². The van der Waals surface area contributed by atoms with Gasteiger partial charge in [-0.25, -0.2) is 4.39 Å². The second-order valence-corrected chi connectivity index (χ2v) is 5.12. The van der Waals surface area contributed by atoms with Crippen molar-refractivity contribution in [2.75, 3.05) is 13.2 Å². The van der Waals surface area contributed by atoms with E-state index >= 15 is 0 Å². The smallest absolute Gasteiger partial charge is 0.126 e. The Balaban J connectivity index is 2.15. The Morgan fingerprint density at radius 2 is 2.22 bits per heavy atom. The molecule has 2 unspecified atom stereocenters. The second kappa shape index (κ2) is 3.78. The molecule has 1 N–H and O–H groups in total. The number of hydrogen-bond acceptors (Lipinski definition) is 3. The van der Waals surface area contributed by atoms with Gasteiger partial charge in [-0.15, -0.1) is 0 Å². The lowest BCUT2D eigenvalue weighted by Crippen LogP contribution is -2.44. The molecule has 1 saturated heterocycles. The van der Waals surface area contributed by atoms with Crippen LogP contribution in [0.25, 0.3) is 0 Å². The van der Waals surface area contributed by atoms with Crippen molar-refractivity contribution in [2.45, 2.75) is 24.9 Å². The lowest BCUT2D eigenvalue weighted by atomic mass is 9.69. The first-order chi connectivity index (χ1) is 8.63. The number of ether oxygens (including phenoxy) is 1. The van der Waals surface area contributed by atoms with E-state index in [1.54, 1.807) is 12.1 Å². The van der Waals surface area contributed by atoms with Crippen LogP contribution >= 0.6 is 0 Å². The van der Waals surface area contributed by atoms with Gasteiger partial charge in [0.2, 0.25) is 0 Å². The zero-order valence-corrected chi connectivity index (χ0v) is 9.95. The molecule has 4 heteroatoms. The molecule has 1 aromatic rings. The number of fused-ring (bicyclic) bond motifs is 1. The molecule has 94 valence electrons. The van der Waals surface area contributed by atoms with Crippen LogP contribution in [0.3, 0.4) is 0 Å². The van der Waals surface area contributed by atoms with Crippen molar-refractivity contribution < 1.29 is 14.2 Å². The fraction of sp³-hybridized carbons (Fsp3) is 0.500. The number of nitrogens with zero attached hydrogens (tertiary/aromatic N) is 1. The Morgan fingerprint density at radius 3 is 2.89 bits per heavy atom. The maximum absolute atomic E-state index is 13.7. The highest BCUT2D eigenvalue weighted by Crippen LogP contribution is 2.52. The molecule has 0 bridgehead atoms. The summed E-state index contributed by atoms with van der Waals surface area (Å²) in [6.07, 6.45) is 1.36. The van der Waals surface area contributed by atoms with E-state index in [4.69, 9.17) is 4.74 Å². The Labute approximate surface area is 105 Å². The number of halogens is 1. The van der Waals surface area contributed by atoms with Crippen molar-refractivity contribution in [1.82, 2.24) is 0 Å². The van der Waals surface area contributed by atoms with Crippen LogP contribution in [-0.2, 0) is 16.8 Å². The molecular weight excluding hydrogens is 233 g/mol. The standard InChI is InChI=1S/C14H14FNO2/c15-12-3-1-2-11-10(12)4-5-14(11,17)13(8-16)6-7-18-9-13/h1-3,17H,4-7,9H2. The summed E-state index contributed by atoms with van der Waals surface area (Å²) in [7, 11) is 0. The highest BCUT2D eigenvalue weighted by Gasteiger charge is 2.57. The topological polar surface area (TPSA) is 53.2 Å². The average molecular weight is 247 g/mol. The Kier molecular flexibility index (Phi) is 2.44. The SMILES string of the molecule is N#CC1(C2(O)CCc3c(F)cccc32)CCOC1. The van der Waals surface area contributed by atoms with Gasteiger partial charge in [0, 0.05) is 6.61 Å². The Morgan fingerprint density at radius 1 is 1.39 bits per heavy atom. The van der Waals surface area contributed by atoms with Gasteiger partial charge in [0.1, 0.15) is 16.8 Å². The van der Waals surface area contributed by atoms with Crippen molar-refractivity contribution in [1.29, 1.82) is 5.26 Å². The monoisotopic (exact) mass is 247 g/mol. The summed E-state index contributed by atoms with van der Waals surface area (Å²) < 4.78 is 19.0. The normalized spacial score (nSPS) is 34.3. The molecule has 2 atom stereocenters. The first-order valence-corrected chi connectivity index (χ1v) is 6.12. The zero-order chi connectivity index (χ0) is 12.8. The van der Waals surface area contributed by atoms with Gasteiger partial charge >= 0.3 is 0 Å². The molecule has 1 aromatic carbocycles. The van der Waals surface area contributed by atoms with Crippen LogP contribution in [-0.4, -0.2) is 18.3 Å². The molecular formula is C14H14FNO2. The summed E-state index contributed by atoms with van der Waals surface area (Å²) in [4.78, 5) is 0. The lowest BCUT2D eigenvalue weighted by Gasteiger charge is -2.36. The average Bonchev–Trinajstić information content (AvgIpc) is 2.98. The number of aliphatic hydroxyl groups is 1. The minimum atomic E-state index is -1.28. The fourth-order valence-electron chi connectivity index (χ4n) is 3.21. The van der Waals surface area contributed by atoms with Gasteiger partial charge in [0.25, 0.3) is 0 Å². The maximum Gasteiger partial charge on any atom is 0.126 e. The third-order valence-electron chi connectivity index (χ3n) is 4.33. The van der Waals surface area contributed by atoms with Crippen LogP contribution in [0.15, 0.2) is 18.2 Å². The van der Waals surface area contributed by atoms with Crippen LogP contribution in [0.1, 0.15) is 24.0 Å². The van der Waals surface area contributed by atoms with E-state index in [9.17, 15) is 14.8 Å². The molecule has 0 spiro atoms. The van der Waals surface area contributed by atoms with E-state index in [2.05, 4.69) is 6.07 Å². The quantitative estimate of drug-likeness (QED) is 0.824. The third-order valence-corrected chi connectivity index (χ3v) is 4.33. The predicted molar refractivity (Wildman–Crippen MR) is 62.1 cm³/mol. The first-order valence-electron chi connectivity index (χ1n) is 6.12. The molecule has 3 nitrogen and oxygen atoms in total. The molecule has 18 heavy (non-hydrogen) atoms. The van der Waals surface area contributed by atoms with Crippen molar-refractivity contribution in [2.24, 2.45) is 5.41 Å². The van der Waals surface area contributed by atoms with Gasteiger partial charge in [-0.05, 0) is 36.5 Å². The summed E-state index contributed by atoms with van der Waals surface area (Å²) in [5.41, 5.74) is -1.11. The Bertz CT molecular complexity index is 531. The van der Waals surface area contributed by atoms with Crippen LogP contribution in [0.2, 0.25) is 0 Å². The van der Waals surface area contributed by atoms with E-state index in [1.165, 1.54) is 6.07 Å². The number of nitriles is 1. The highest BCUT2D eigenvalue weighted by atomic mass is 19.1. The molecule has 0 saturated carbocycles. The number of benzene rings is 1. The lowest BCUT2D eigenvalue weighted by molar-refractivity contribution is -0.0626. The van der Waals surface area contributed by atoms with Crippen LogP contribution in [0, 0.1) is 22.6 Å². The molecule has 3 rings (SSSR count). The van der Waals surface area contributed by atoms with Crippen LogP contribution < -0.4 is 0 Å². The molecule has 0 radical (unpaired) electrons. The van der Waals surface area contributed by atoms with E-state index < -0.39 is 11.0 Å². The maximum atomic E-state index is 13.7. The van der Waals surface area contributed by atoms with Crippen LogP contribution in [0.5, 0.6) is 0 Å². The summed E-state index contributed by atoms with van der Waals surface area (Å²) >= 11 is 0. The van der Waals surface area contributed by atoms with Crippen molar-refractivity contribution in [3.05, 3.63) is 35.1 Å². The van der Waals surface area contributed by atoms with Gasteiger partial charge in [0.05, 0.1) is 12.7 Å². The molecule has 0 amide bonds. The van der Waals surface area contributed by atoms with Crippen molar-refractivity contribution >= 4 is 0 Å². The van der Waals surface area contributed by atoms with E-state index in [0.29, 0.717) is 37.0 Å². The van der Waals surface area contributed by atoms with E-state index in [-0.39, 0.29) is 12.4 Å². The summed E-state index contributed by atoms with van der Waals surface area (Å²) in [6.45, 7) is 0.691. The summed E-state index contributed by atoms with van der Waals surface area (Å²) in [6, 6.07) is 6.93. The van der Waals surface area contributed by atoms with Crippen molar-refractivity contribution in [3.63, 3.8) is 0 Å². The highest BCUT2D eigenvalue weighted by molar-refractivity contribution is 5.42. The van der Waals surface area contributed by atoms with Gasteiger partial charge in [-0.2, -0.15) is 5.26 Å². The van der Waals surface area contributed by atoms with Gasteiger partial charge in [0.15, 0.2) is 0 Å². The summed E-state index contributed by atoms with van der Waals surface area (Å²) in [5.74, 6) is -0.296. The minimum absolute atomic E-state index is 0.218. The molecule has 1 fully saturated rings. The zero-order valence-electron chi connectivity index (χ0n) is 9.95. The molecule has 0 aromatic heterocycles. The second-order valence-electron chi connectivity index (χ2n) is 5.12.